The second-order valence-electron chi connectivity index (χ2n) is 4.07. The van der Waals surface area contributed by atoms with Crippen molar-refractivity contribution in [1.29, 1.82) is 0 Å². The average molecular weight is 257 g/mol. The Kier molecular flexibility index (Phi) is 6.52. The Morgan fingerprint density at radius 2 is 2.06 bits per heavy atom. The van der Waals surface area contributed by atoms with E-state index in [4.69, 9.17) is 22.4 Å². The normalized spacial score (nSPS) is 13.0. The molecule has 0 aliphatic rings. The fraction of sp³-hybridized carbons (Fsp3) is 0.538. The Hall–Kier alpha value is -0.610. The zero-order valence-corrected chi connectivity index (χ0v) is 11.0. The molecule has 1 unspecified atom stereocenters. The topological polar surface area (TPSA) is 49.5 Å². The molecular formula is C13H21ClN2O. The van der Waals surface area contributed by atoms with Crippen LogP contribution in [0.2, 0.25) is 5.02 Å². The highest BCUT2D eigenvalue weighted by molar-refractivity contribution is 6.31. The molecule has 4 heteroatoms. The van der Waals surface area contributed by atoms with Crippen molar-refractivity contribution in [1.82, 2.24) is 4.90 Å². The summed E-state index contributed by atoms with van der Waals surface area (Å²) < 4.78 is 0. The van der Waals surface area contributed by atoms with E-state index in [1.165, 1.54) is 0 Å². The molecule has 96 valence electrons. The van der Waals surface area contributed by atoms with Crippen molar-refractivity contribution in [2.24, 2.45) is 5.73 Å². The first-order valence-electron chi connectivity index (χ1n) is 6.02. The molecule has 17 heavy (non-hydrogen) atoms. The maximum absolute atomic E-state index is 8.90. The van der Waals surface area contributed by atoms with Gasteiger partial charge in [-0.25, -0.2) is 0 Å². The van der Waals surface area contributed by atoms with Gasteiger partial charge in [-0.3, -0.25) is 0 Å². The second kappa shape index (κ2) is 7.67. The summed E-state index contributed by atoms with van der Waals surface area (Å²) in [5.41, 5.74) is 7.12. The fourth-order valence-electron chi connectivity index (χ4n) is 1.82. The van der Waals surface area contributed by atoms with E-state index in [0.717, 1.165) is 30.1 Å². The molecule has 0 heterocycles. The quantitative estimate of drug-likeness (QED) is 0.785. The van der Waals surface area contributed by atoms with Crippen molar-refractivity contribution < 1.29 is 5.11 Å². The number of hydrogen-bond donors (Lipinski definition) is 2. The van der Waals surface area contributed by atoms with Crippen LogP contribution in [0.15, 0.2) is 24.3 Å². The van der Waals surface area contributed by atoms with Gasteiger partial charge in [0.25, 0.3) is 0 Å². The Bertz CT molecular complexity index is 333. The van der Waals surface area contributed by atoms with Crippen LogP contribution >= 0.6 is 11.6 Å². The molecule has 0 radical (unpaired) electrons. The number of likely N-dealkylation sites (N-methyl/N-ethyl adjacent to an activating group) is 1. The number of nitrogens with zero attached hydrogens (tertiary/aromatic N) is 1. The predicted octanol–water partition coefficient (Wildman–Crippen LogP) is 2.04. The van der Waals surface area contributed by atoms with E-state index < -0.39 is 0 Å². The molecule has 0 saturated heterocycles. The molecular weight excluding hydrogens is 236 g/mol. The lowest BCUT2D eigenvalue weighted by Gasteiger charge is -2.21. The SMILES string of the molecule is CCN(CCO)CCC(N)c1ccccc1Cl. The predicted molar refractivity (Wildman–Crippen MR) is 72.2 cm³/mol. The van der Waals surface area contributed by atoms with Crippen molar-refractivity contribution in [2.45, 2.75) is 19.4 Å². The van der Waals surface area contributed by atoms with Gasteiger partial charge in [0.2, 0.25) is 0 Å². The van der Waals surface area contributed by atoms with Crippen LogP contribution in [0.25, 0.3) is 0 Å². The Morgan fingerprint density at radius 3 is 2.65 bits per heavy atom. The van der Waals surface area contributed by atoms with Gasteiger partial charge in [0, 0.05) is 24.2 Å². The van der Waals surface area contributed by atoms with Crippen LogP contribution in [0.3, 0.4) is 0 Å². The largest absolute Gasteiger partial charge is 0.395 e. The standard InChI is InChI=1S/C13H21ClN2O/c1-2-16(9-10-17)8-7-13(15)11-5-3-4-6-12(11)14/h3-6,13,17H,2,7-10,15H2,1H3. The van der Waals surface area contributed by atoms with Gasteiger partial charge in [-0.05, 0) is 24.6 Å². The molecule has 1 rings (SSSR count). The fourth-order valence-corrected chi connectivity index (χ4v) is 2.10. The molecule has 1 aromatic carbocycles. The third kappa shape index (κ3) is 4.64. The third-order valence-corrected chi connectivity index (χ3v) is 3.27. The summed E-state index contributed by atoms with van der Waals surface area (Å²) in [6.07, 6.45) is 0.845. The number of nitrogens with two attached hydrogens (primary N) is 1. The number of aliphatic hydroxyl groups excluding tert-OH is 1. The molecule has 0 saturated carbocycles. The van der Waals surface area contributed by atoms with E-state index in [1.54, 1.807) is 0 Å². The first-order chi connectivity index (χ1) is 8.19. The van der Waals surface area contributed by atoms with E-state index in [9.17, 15) is 0 Å². The van der Waals surface area contributed by atoms with Crippen LogP contribution in [0.1, 0.15) is 24.9 Å². The van der Waals surface area contributed by atoms with Gasteiger partial charge in [-0.15, -0.1) is 0 Å². The molecule has 0 aliphatic carbocycles. The Balaban J connectivity index is 2.49. The van der Waals surface area contributed by atoms with E-state index in [-0.39, 0.29) is 12.6 Å². The lowest BCUT2D eigenvalue weighted by molar-refractivity contribution is 0.198. The van der Waals surface area contributed by atoms with Crippen LogP contribution < -0.4 is 5.73 Å². The molecule has 1 aromatic rings. The summed E-state index contributed by atoms with van der Waals surface area (Å²) >= 11 is 6.10. The molecule has 3 nitrogen and oxygen atoms in total. The smallest absolute Gasteiger partial charge is 0.0558 e. The second-order valence-corrected chi connectivity index (χ2v) is 4.48. The molecule has 0 aliphatic heterocycles. The van der Waals surface area contributed by atoms with Gasteiger partial charge in [-0.1, -0.05) is 36.7 Å². The van der Waals surface area contributed by atoms with E-state index in [1.807, 2.05) is 24.3 Å². The van der Waals surface area contributed by atoms with Gasteiger partial charge in [0.1, 0.15) is 0 Å². The summed E-state index contributed by atoms with van der Waals surface area (Å²) in [5.74, 6) is 0. The molecule has 0 aromatic heterocycles. The highest BCUT2D eigenvalue weighted by Crippen LogP contribution is 2.23. The number of rotatable bonds is 7. The van der Waals surface area contributed by atoms with Crippen molar-refractivity contribution in [3.8, 4) is 0 Å². The highest BCUT2D eigenvalue weighted by Gasteiger charge is 2.11. The van der Waals surface area contributed by atoms with E-state index >= 15 is 0 Å². The Morgan fingerprint density at radius 1 is 1.35 bits per heavy atom. The lowest BCUT2D eigenvalue weighted by Crippen LogP contribution is -2.30. The van der Waals surface area contributed by atoms with Gasteiger partial charge in [0.15, 0.2) is 0 Å². The minimum atomic E-state index is -0.0450. The average Bonchev–Trinajstić information content (AvgIpc) is 2.34. The van der Waals surface area contributed by atoms with Gasteiger partial charge in [-0.2, -0.15) is 0 Å². The molecule has 0 spiro atoms. The monoisotopic (exact) mass is 256 g/mol. The van der Waals surface area contributed by atoms with Crippen LogP contribution in [-0.4, -0.2) is 36.2 Å². The van der Waals surface area contributed by atoms with Gasteiger partial charge < -0.3 is 15.7 Å². The van der Waals surface area contributed by atoms with Gasteiger partial charge >= 0.3 is 0 Å². The summed E-state index contributed by atoms with van der Waals surface area (Å²) in [4.78, 5) is 2.18. The van der Waals surface area contributed by atoms with Crippen molar-refractivity contribution in [2.75, 3.05) is 26.2 Å². The molecule has 0 amide bonds. The molecule has 1 atom stereocenters. The Labute approximate surface area is 108 Å². The maximum atomic E-state index is 8.90. The first-order valence-corrected chi connectivity index (χ1v) is 6.40. The molecule has 3 N–H and O–H groups in total. The zero-order valence-electron chi connectivity index (χ0n) is 10.3. The highest BCUT2D eigenvalue weighted by atomic mass is 35.5. The summed E-state index contributed by atoms with van der Waals surface area (Å²) in [7, 11) is 0. The van der Waals surface area contributed by atoms with Crippen molar-refractivity contribution >= 4 is 11.6 Å². The summed E-state index contributed by atoms with van der Waals surface area (Å²) in [6.45, 7) is 4.77. The minimum Gasteiger partial charge on any atom is -0.395 e. The molecule has 0 bridgehead atoms. The van der Waals surface area contributed by atoms with Crippen LogP contribution in [0.4, 0.5) is 0 Å². The van der Waals surface area contributed by atoms with E-state index in [2.05, 4.69) is 11.8 Å². The van der Waals surface area contributed by atoms with Crippen LogP contribution in [-0.2, 0) is 0 Å². The van der Waals surface area contributed by atoms with Crippen molar-refractivity contribution in [3.63, 3.8) is 0 Å². The van der Waals surface area contributed by atoms with Crippen LogP contribution in [0, 0.1) is 0 Å². The van der Waals surface area contributed by atoms with Crippen molar-refractivity contribution in [3.05, 3.63) is 34.9 Å². The number of aliphatic hydroxyl groups is 1. The first kappa shape index (κ1) is 14.5. The summed E-state index contributed by atoms with van der Waals surface area (Å²) in [5, 5.41) is 9.63. The zero-order chi connectivity index (χ0) is 12.7. The number of halogens is 1. The third-order valence-electron chi connectivity index (χ3n) is 2.92. The van der Waals surface area contributed by atoms with Crippen LogP contribution in [0.5, 0.6) is 0 Å². The number of benzene rings is 1. The molecule has 0 fully saturated rings. The summed E-state index contributed by atoms with van der Waals surface area (Å²) in [6, 6.07) is 7.64. The lowest BCUT2D eigenvalue weighted by atomic mass is 10.0. The minimum absolute atomic E-state index is 0.0450. The number of hydrogen-bond acceptors (Lipinski definition) is 3. The maximum Gasteiger partial charge on any atom is 0.0558 e. The van der Waals surface area contributed by atoms with Gasteiger partial charge in [0.05, 0.1) is 6.61 Å². The van der Waals surface area contributed by atoms with E-state index in [0.29, 0.717) is 6.54 Å².